The molecule has 2 fully saturated rings. The number of piperazine rings is 1. The largest absolute Gasteiger partial charge is 0.443 e. The number of amides is 1. The van der Waals surface area contributed by atoms with Gasteiger partial charge in [0.1, 0.15) is 23.4 Å². The van der Waals surface area contributed by atoms with E-state index in [1.807, 2.05) is 47.9 Å². The van der Waals surface area contributed by atoms with Gasteiger partial charge in [0.2, 0.25) is 5.89 Å². The van der Waals surface area contributed by atoms with Crippen molar-refractivity contribution in [2.24, 2.45) is 0 Å². The van der Waals surface area contributed by atoms with Gasteiger partial charge < -0.3 is 29.7 Å². The minimum absolute atomic E-state index is 0.0178. The third-order valence-corrected chi connectivity index (χ3v) is 7.60. The Balaban J connectivity index is 1.17. The first-order chi connectivity index (χ1) is 19.4. The number of likely N-dealkylation sites (tertiary alicyclic amines) is 1. The predicted octanol–water partition coefficient (Wildman–Crippen LogP) is 2.55. The van der Waals surface area contributed by atoms with Crippen LogP contribution in [-0.2, 0) is 6.54 Å². The van der Waals surface area contributed by atoms with E-state index in [1.165, 1.54) is 18.9 Å². The van der Waals surface area contributed by atoms with Crippen LogP contribution in [0.5, 0.6) is 0 Å². The monoisotopic (exact) mass is 536 g/mol. The lowest BCUT2D eigenvalue weighted by Crippen LogP contribution is -2.68. The molecule has 0 aliphatic carbocycles. The Morgan fingerprint density at radius 2 is 1.95 bits per heavy atom. The van der Waals surface area contributed by atoms with Crippen LogP contribution in [0.3, 0.4) is 0 Å². The second kappa shape index (κ2) is 9.42. The minimum atomic E-state index is -0.445. The Bertz CT molecular complexity index is 1720. The fourth-order valence-electron chi connectivity index (χ4n) is 5.71. The van der Waals surface area contributed by atoms with Crippen LogP contribution in [0.1, 0.15) is 28.3 Å². The highest BCUT2D eigenvalue weighted by Gasteiger charge is 2.44. The Labute approximate surface area is 229 Å². The summed E-state index contributed by atoms with van der Waals surface area (Å²) in [6.45, 7) is 4.27. The number of rotatable bonds is 6. The van der Waals surface area contributed by atoms with Crippen molar-refractivity contribution >= 4 is 23.2 Å². The highest BCUT2D eigenvalue weighted by molar-refractivity contribution is 5.97. The van der Waals surface area contributed by atoms with Gasteiger partial charge in [0.05, 0.1) is 18.4 Å². The molecule has 0 unspecified atom stereocenters. The number of hydrogen-bond acceptors (Lipinski definition) is 10. The van der Waals surface area contributed by atoms with Crippen LogP contribution < -0.4 is 16.0 Å². The minimum Gasteiger partial charge on any atom is -0.443 e. The molecule has 1 amide bonds. The number of oxazole rings is 1. The van der Waals surface area contributed by atoms with Crippen LogP contribution in [0.15, 0.2) is 59.6 Å². The second-order valence-electron chi connectivity index (χ2n) is 10.4. The zero-order valence-corrected chi connectivity index (χ0v) is 22.2. The molecule has 2 aliphatic rings. The van der Waals surface area contributed by atoms with E-state index >= 15 is 0 Å². The van der Waals surface area contributed by atoms with Gasteiger partial charge in [-0.05, 0) is 44.7 Å². The van der Waals surface area contributed by atoms with E-state index in [9.17, 15) is 4.79 Å². The van der Waals surface area contributed by atoms with Crippen molar-refractivity contribution < 1.29 is 9.21 Å². The lowest BCUT2D eigenvalue weighted by atomic mass is 9.88. The van der Waals surface area contributed by atoms with E-state index in [-0.39, 0.29) is 23.9 Å². The molecule has 0 saturated carbocycles. The van der Waals surface area contributed by atoms with Crippen molar-refractivity contribution in [2.45, 2.75) is 32.0 Å². The van der Waals surface area contributed by atoms with Crippen molar-refractivity contribution in [1.29, 1.82) is 0 Å². The summed E-state index contributed by atoms with van der Waals surface area (Å²) in [6.07, 6.45) is 7.85. The summed E-state index contributed by atoms with van der Waals surface area (Å²) in [5.74, 6) is 0.739. The number of nitrogens with zero attached hydrogens (tertiary/aromatic N) is 8. The number of pyridine rings is 2. The van der Waals surface area contributed by atoms with Gasteiger partial charge in [0.15, 0.2) is 17.2 Å². The molecule has 7 rings (SSSR count). The van der Waals surface area contributed by atoms with Crippen LogP contribution in [0.2, 0.25) is 0 Å². The van der Waals surface area contributed by atoms with E-state index in [4.69, 9.17) is 15.1 Å². The van der Waals surface area contributed by atoms with Crippen LogP contribution in [-0.4, -0.2) is 72.3 Å². The second-order valence-corrected chi connectivity index (χ2v) is 10.4. The van der Waals surface area contributed by atoms with Crippen LogP contribution in [0, 0.1) is 6.92 Å². The van der Waals surface area contributed by atoms with Gasteiger partial charge in [-0.2, -0.15) is 0 Å². The van der Waals surface area contributed by atoms with Crippen LogP contribution >= 0.6 is 0 Å². The van der Waals surface area contributed by atoms with Crippen molar-refractivity contribution in [3.8, 4) is 22.8 Å². The number of nitrogens with two attached hydrogens (primary N) is 1. The number of carbonyl (C=O) groups excluding carboxylic acids is 1. The number of likely N-dealkylation sites (N-methyl/N-ethyl adjacent to an activating group) is 1. The fraction of sp³-hybridized carbons (Fsp3) is 0.286. The normalized spacial score (nSPS) is 18.6. The molecule has 0 aromatic carbocycles. The number of nitrogen functional groups attached to an aromatic ring is 1. The van der Waals surface area contributed by atoms with Gasteiger partial charge in [-0.3, -0.25) is 4.79 Å². The third kappa shape index (κ3) is 4.13. The average Bonchev–Trinajstić information content (AvgIpc) is 3.62. The average molecular weight is 537 g/mol. The Kier molecular flexibility index (Phi) is 5.70. The number of aromatic nitrogens is 6. The van der Waals surface area contributed by atoms with Crippen molar-refractivity contribution in [2.75, 3.05) is 30.8 Å². The van der Waals surface area contributed by atoms with Crippen molar-refractivity contribution in [3.05, 3.63) is 72.3 Å². The summed E-state index contributed by atoms with van der Waals surface area (Å²) in [5, 5.41) is 2.92. The van der Waals surface area contributed by atoms with Crippen LogP contribution in [0.25, 0.3) is 28.5 Å². The van der Waals surface area contributed by atoms with Gasteiger partial charge >= 0.3 is 0 Å². The summed E-state index contributed by atoms with van der Waals surface area (Å²) < 4.78 is 7.45. The van der Waals surface area contributed by atoms with E-state index < -0.39 is 5.91 Å². The summed E-state index contributed by atoms with van der Waals surface area (Å²) in [6, 6.07) is 10.6. The van der Waals surface area contributed by atoms with Crippen molar-refractivity contribution in [1.82, 2.24) is 39.5 Å². The number of hydrogen-bond donors (Lipinski definition) is 2. The number of carbonyl (C=O) groups is 1. The first kappa shape index (κ1) is 24.2. The molecular weight excluding hydrogens is 508 g/mol. The topological polar surface area (TPSA) is 144 Å². The highest BCUT2D eigenvalue weighted by Crippen LogP contribution is 2.35. The van der Waals surface area contributed by atoms with Gasteiger partial charge in [-0.15, -0.1) is 0 Å². The molecule has 2 saturated heterocycles. The van der Waals surface area contributed by atoms with Gasteiger partial charge in [-0.1, -0.05) is 6.07 Å². The molecule has 0 spiro atoms. The quantitative estimate of drug-likeness (QED) is 0.332. The molecule has 12 nitrogen and oxygen atoms in total. The zero-order chi connectivity index (χ0) is 27.4. The number of nitrogens with one attached hydrogen (secondary N) is 1. The van der Waals surface area contributed by atoms with Gasteiger partial charge in [0, 0.05) is 48.8 Å². The Morgan fingerprint density at radius 1 is 1.10 bits per heavy atom. The number of fused-ring (bicyclic) bond motifs is 3. The predicted molar refractivity (Wildman–Crippen MR) is 148 cm³/mol. The first-order valence-corrected chi connectivity index (χ1v) is 13.2. The Hall–Kier alpha value is -4.84. The van der Waals surface area contributed by atoms with Crippen molar-refractivity contribution in [3.63, 3.8) is 0 Å². The maximum atomic E-state index is 13.3. The summed E-state index contributed by atoms with van der Waals surface area (Å²) in [7, 11) is 2.16. The lowest BCUT2D eigenvalue weighted by molar-refractivity contribution is 0.0946. The molecule has 5 aromatic heterocycles. The Morgan fingerprint density at radius 3 is 2.75 bits per heavy atom. The maximum Gasteiger partial charge on any atom is 0.274 e. The number of piperidine rings is 1. The SMILES string of the molecule is Cc1cnc2ccc(-c3nc(C(=O)NCc4cccc(N5[C@@H]6C[C@H]5CN(C)C6)n4)c(N)nc3-c3ncco3)cn12. The maximum absolute atomic E-state index is 13.3. The molecule has 12 heteroatoms. The highest BCUT2D eigenvalue weighted by atomic mass is 16.3. The summed E-state index contributed by atoms with van der Waals surface area (Å²) in [5.41, 5.74) is 10.3. The molecule has 2 bridgehead atoms. The van der Waals surface area contributed by atoms with Gasteiger partial charge in [0.25, 0.3) is 5.91 Å². The molecule has 202 valence electrons. The van der Waals surface area contributed by atoms with E-state index in [2.05, 4.69) is 42.1 Å². The molecule has 0 radical (unpaired) electrons. The molecule has 40 heavy (non-hydrogen) atoms. The van der Waals surface area contributed by atoms with E-state index in [0.717, 1.165) is 35.9 Å². The molecule has 2 aliphatic heterocycles. The molecule has 3 N–H and O–H groups in total. The molecule has 5 aromatic rings. The lowest BCUT2D eigenvalue weighted by Gasteiger charge is -2.56. The standard InChI is InChI=1S/C28H28N10O2/c1-16-11-31-21-7-6-17(13-37(16)21)23-24(28-30-8-9-40-28)35-26(29)25(34-23)27(39)32-12-18-4-3-5-22(33-18)38-19-10-20(38)15-36(2)14-19/h3-9,11,13,19-20H,10,12,14-15H2,1-2H3,(H2,29,35)(H,32,39)/t19-,20+. The fourth-order valence-corrected chi connectivity index (χ4v) is 5.71. The summed E-state index contributed by atoms with van der Waals surface area (Å²) >= 11 is 0. The molecule has 2 atom stereocenters. The van der Waals surface area contributed by atoms with E-state index in [1.54, 1.807) is 6.20 Å². The number of imidazole rings is 1. The molecular formula is C28H28N10O2. The van der Waals surface area contributed by atoms with Crippen LogP contribution in [0.4, 0.5) is 11.6 Å². The number of anilines is 2. The summed E-state index contributed by atoms with van der Waals surface area (Å²) in [4.78, 5) is 40.7. The smallest absolute Gasteiger partial charge is 0.274 e. The first-order valence-electron chi connectivity index (χ1n) is 13.2. The van der Waals surface area contributed by atoms with E-state index in [0.29, 0.717) is 29.0 Å². The third-order valence-electron chi connectivity index (χ3n) is 7.60. The zero-order valence-electron chi connectivity index (χ0n) is 22.2. The molecule has 7 heterocycles. The van der Waals surface area contributed by atoms with Gasteiger partial charge in [-0.25, -0.2) is 24.9 Å². The number of aryl methyl sites for hydroxylation is 1.